The SMILES string of the molecule is Br.C.NC=Nc1ccccc1.OC1=C(Br)CCN(Cc2ccccc2)CC1.c1ccc(CN2CCc3ncn(-c4ccccc4)c3CC2)cc1. The Kier molecular flexibility index (Phi) is 17.7. The third-order valence-corrected chi connectivity index (χ3v) is 9.27. The number of halogens is 2. The van der Waals surface area contributed by atoms with Crippen molar-refractivity contribution in [3.8, 4) is 5.69 Å². The largest absolute Gasteiger partial charge is 0.511 e. The molecule has 0 fully saturated rings. The topological polar surface area (TPSA) is 82.9 Å². The maximum atomic E-state index is 9.65. The quantitative estimate of drug-likeness (QED) is 0.132. The molecule has 0 spiro atoms. The second-order valence-corrected chi connectivity index (χ2v) is 12.8. The number of aliphatic hydroxyl groups excluding tert-OH is 1. The summed E-state index contributed by atoms with van der Waals surface area (Å²) in [5, 5.41) is 9.65. The van der Waals surface area contributed by atoms with Gasteiger partial charge in [-0.05, 0) is 41.8 Å². The lowest BCUT2D eigenvalue weighted by molar-refractivity contribution is 0.268. The Hall–Kier alpha value is -4.02. The predicted octanol–water partition coefficient (Wildman–Crippen LogP) is 9.44. The van der Waals surface area contributed by atoms with Crippen molar-refractivity contribution < 1.29 is 5.11 Å². The third kappa shape index (κ3) is 12.7. The van der Waals surface area contributed by atoms with Crippen molar-refractivity contribution in [3.63, 3.8) is 0 Å². The molecule has 3 N–H and O–H groups in total. The normalized spacial score (nSPS) is 14.7. The van der Waals surface area contributed by atoms with Crippen molar-refractivity contribution in [2.75, 3.05) is 26.2 Å². The lowest BCUT2D eigenvalue weighted by atomic mass is 10.2. The van der Waals surface area contributed by atoms with Gasteiger partial charge in [0.1, 0.15) is 5.76 Å². The molecule has 0 aliphatic carbocycles. The molecule has 264 valence electrons. The molecule has 4 aromatic carbocycles. The second-order valence-electron chi connectivity index (χ2n) is 11.8. The molecule has 0 unspecified atom stereocenters. The van der Waals surface area contributed by atoms with Gasteiger partial charge < -0.3 is 15.4 Å². The first kappa shape index (κ1) is 40.4. The number of hydrogen-bond acceptors (Lipinski definition) is 5. The van der Waals surface area contributed by atoms with Crippen LogP contribution in [0.5, 0.6) is 0 Å². The maximum absolute atomic E-state index is 9.65. The van der Waals surface area contributed by atoms with Crippen LogP contribution >= 0.6 is 32.9 Å². The van der Waals surface area contributed by atoms with Crippen LogP contribution < -0.4 is 5.73 Å². The summed E-state index contributed by atoms with van der Waals surface area (Å²) in [6.45, 7) is 6.08. The number of imidazole rings is 1. The molecule has 7 rings (SSSR count). The minimum absolute atomic E-state index is 0. The van der Waals surface area contributed by atoms with Crippen LogP contribution in [0, 0.1) is 0 Å². The zero-order chi connectivity index (χ0) is 33.4. The molecule has 0 saturated heterocycles. The highest BCUT2D eigenvalue weighted by Gasteiger charge is 2.19. The first-order valence-corrected chi connectivity index (χ1v) is 17.4. The molecule has 2 aliphatic rings. The minimum atomic E-state index is 0. The Labute approximate surface area is 317 Å². The summed E-state index contributed by atoms with van der Waals surface area (Å²) in [5.41, 5.74) is 12.5. The van der Waals surface area contributed by atoms with Gasteiger partial charge in [0.25, 0.3) is 0 Å². The number of para-hydroxylation sites is 2. The van der Waals surface area contributed by atoms with Crippen LogP contribution in [0.1, 0.15) is 42.8 Å². The van der Waals surface area contributed by atoms with Crippen molar-refractivity contribution in [2.45, 2.75) is 46.2 Å². The van der Waals surface area contributed by atoms with Gasteiger partial charge in [-0.25, -0.2) is 9.98 Å². The molecule has 3 heterocycles. The van der Waals surface area contributed by atoms with Crippen LogP contribution in [0.2, 0.25) is 0 Å². The standard InChI is InChI=1S/C20H21N3.C13H16BrNO.C7H8N2.CH4.BrH/c1-3-7-17(8-4-1)15-22-13-11-19-20(12-14-22)23(16-21-19)18-9-5-2-6-10-18;14-12-6-8-15(9-7-13(12)16)10-11-4-2-1-3-5-11;8-6-9-7-4-2-1-3-5-7;;/h1-10,16H,11-15H2;1-5,16H,6-10H2;1-6H,(H2,8,9);1H4;1H. The average molecular weight is 803 g/mol. The number of aromatic nitrogens is 2. The van der Waals surface area contributed by atoms with Crippen molar-refractivity contribution in [2.24, 2.45) is 10.7 Å². The smallest absolute Gasteiger partial charge is 0.104 e. The third-order valence-electron chi connectivity index (χ3n) is 8.42. The lowest BCUT2D eigenvalue weighted by Crippen LogP contribution is -2.26. The molecule has 0 radical (unpaired) electrons. The number of nitrogens with two attached hydrogens (primary N) is 1. The zero-order valence-corrected chi connectivity index (χ0v) is 31.1. The molecule has 0 saturated carbocycles. The fraction of sp³-hybridized carbons (Fsp3) is 0.268. The molecule has 0 atom stereocenters. The zero-order valence-electron chi connectivity index (χ0n) is 27.8. The summed E-state index contributed by atoms with van der Waals surface area (Å²) in [6.07, 6.45) is 6.99. The molecule has 0 amide bonds. The van der Waals surface area contributed by atoms with Crippen LogP contribution in [-0.2, 0) is 25.9 Å². The van der Waals surface area contributed by atoms with Gasteiger partial charge in [0.05, 0.1) is 24.0 Å². The molecule has 1 aromatic heterocycles. The number of rotatable bonds is 6. The van der Waals surface area contributed by atoms with Crippen LogP contribution in [0.15, 0.2) is 143 Å². The van der Waals surface area contributed by atoms with Gasteiger partial charge in [-0.15, -0.1) is 17.0 Å². The number of benzene rings is 4. The first-order valence-electron chi connectivity index (χ1n) is 16.6. The molecule has 5 aromatic rings. The second kappa shape index (κ2) is 21.9. The Morgan fingerprint density at radius 2 is 1.16 bits per heavy atom. The van der Waals surface area contributed by atoms with Crippen molar-refractivity contribution in [1.82, 2.24) is 19.4 Å². The van der Waals surface area contributed by atoms with E-state index in [1.54, 1.807) is 0 Å². The molecule has 7 nitrogen and oxygen atoms in total. The summed E-state index contributed by atoms with van der Waals surface area (Å²) in [5.74, 6) is 0.510. The number of nitrogens with zero attached hydrogens (tertiary/aromatic N) is 5. The van der Waals surface area contributed by atoms with E-state index in [9.17, 15) is 5.11 Å². The predicted molar refractivity (Wildman–Crippen MR) is 218 cm³/mol. The van der Waals surface area contributed by atoms with Gasteiger partial charge >= 0.3 is 0 Å². The van der Waals surface area contributed by atoms with E-state index in [1.165, 1.54) is 34.5 Å². The van der Waals surface area contributed by atoms with E-state index >= 15 is 0 Å². The van der Waals surface area contributed by atoms with Crippen LogP contribution in [0.3, 0.4) is 0 Å². The van der Waals surface area contributed by atoms with E-state index in [-0.39, 0.29) is 24.4 Å². The molecule has 50 heavy (non-hydrogen) atoms. The van der Waals surface area contributed by atoms with Crippen LogP contribution in [-0.4, -0.2) is 57.0 Å². The first-order chi connectivity index (χ1) is 23.6. The number of aliphatic hydroxyl groups is 1. The van der Waals surface area contributed by atoms with E-state index in [4.69, 9.17) is 5.73 Å². The van der Waals surface area contributed by atoms with Crippen molar-refractivity contribution in [1.29, 1.82) is 0 Å². The summed E-state index contributed by atoms with van der Waals surface area (Å²) in [7, 11) is 0. The van der Waals surface area contributed by atoms with Gasteiger partial charge in [0, 0.05) is 74.4 Å². The Morgan fingerprint density at radius 1 is 0.680 bits per heavy atom. The van der Waals surface area contributed by atoms with E-state index in [0.717, 1.165) is 75.1 Å². The van der Waals surface area contributed by atoms with Gasteiger partial charge in [-0.1, -0.05) is 120 Å². The Morgan fingerprint density at radius 3 is 1.72 bits per heavy atom. The highest BCUT2D eigenvalue weighted by atomic mass is 79.9. The average Bonchev–Trinajstić information content (AvgIpc) is 3.35. The number of aliphatic imine (C=N–C) groups is 1. The van der Waals surface area contributed by atoms with Crippen molar-refractivity contribution >= 4 is 44.9 Å². The van der Waals surface area contributed by atoms with Crippen LogP contribution in [0.25, 0.3) is 5.69 Å². The van der Waals surface area contributed by atoms with Crippen LogP contribution in [0.4, 0.5) is 5.69 Å². The Bertz CT molecular complexity index is 1700. The van der Waals surface area contributed by atoms with E-state index in [2.05, 4.69) is 125 Å². The molecular weight excluding hydrogens is 752 g/mol. The van der Waals surface area contributed by atoms with Gasteiger partial charge in [0.15, 0.2) is 0 Å². The Balaban J connectivity index is 0.000000219. The fourth-order valence-corrected chi connectivity index (χ4v) is 6.22. The molecule has 2 aliphatic heterocycles. The van der Waals surface area contributed by atoms with Gasteiger partial charge in [-0.3, -0.25) is 9.80 Å². The summed E-state index contributed by atoms with van der Waals surface area (Å²) < 4.78 is 3.21. The summed E-state index contributed by atoms with van der Waals surface area (Å²) in [6, 6.07) is 41.3. The van der Waals surface area contributed by atoms with Gasteiger partial charge in [-0.2, -0.15) is 0 Å². The highest BCUT2D eigenvalue weighted by molar-refractivity contribution is 9.11. The van der Waals surface area contributed by atoms with E-state index in [0.29, 0.717) is 5.76 Å². The van der Waals surface area contributed by atoms with E-state index < -0.39 is 0 Å². The fourth-order valence-electron chi connectivity index (χ4n) is 5.85. The summed E-state index contributed by atoms with van der Waals surface area (Å²) in [4.78, 5) is 13.4. The van der Waals surface area contributed by atoms with Crippen molar-refractivity contribution in [3.05, 3.63) is 160 Å². The number of hydrogen-bond donors (Lipinski definition) is 2. The van der Waals surface area contributed by atoms with E-state index in [1.807, 2.05) is 42.7 Å². The molecule has 9 heteroatoms. The minimum Gasteiger partial charge on any atom is -0.511 e. The molecular formula is C41H50Br2N6O. The lowest BCUT2D eigenvalue weighted by Gasteiger charge is -2.19. The number of fused-ring (bicyclic) bond motifs is 1. The highest BCUT2D eigenvalue weighted by Crippen LogP contribution is 2.23. The summed E-state index contributed by atoms with van der Waals surface area (Å²) >= 11 is 3.42. The maximum Gasteiger partial charge on any atom is 0.104 e. The molecule has 0 bridgehead atoms. The van der Waals surface area contributed by atoms with Gasteiger partial charge in [0.2, 0.25) is 0 Å². The monoisotopic (exact) mass is 800 g/mol.